The van der Waals surface area contributed by atoms with Gasteiger partial charge in [0.25, 0.3) is 5.91 Å². The van der Waals surface area contributed by atoms with E-state index in [2.05, 4.69) is 0 Å². The maximum atomic E-state index is 12.6. The molecule has 0 fully saturated rings. The van der Waals surface area contributed by atoms with Gasteiger partial charge in [0.15, 0.2) is 13.2 Å². The van der Waals surface area contributed by atoms with Crippen molar-refractivity contribution >= 4 is 34.5 Å². The number of rotatable bonds is 9. The Bertz CT molecular complexity index is 1160. The van der Waals surface area contributed by atoms with E-state index in [1.807, 2.05) is 0 Å². The number of amides is 1. The number of anilines is 1. The number of hydrogen-bond donors (Lipinski definition) is 0. The minimum Gasteiger partial charge on any atom is -0.482 e. The fraction of sp³-hybridized carbons (Fsp3) is 0.217. The van der Waals surface area contributed by atoms with Crippen molar-refractivity contribution in [1.29, 1.82) is 0 Å². The molecule has 32 heavy (non-hydrogen) atoms. The lowest BCUT2D eigenvalue weighted by molar-refractivity contribution is -0.150. The molecule has 0 bridgehead atoms. The van der Waals surface area contributed by atoms with Gasteiger partial charge in [0.1, 0.15) is 17.9 Å². The van der Waals surface area contributed by atoms with Crippen molar-refractivity contribution in [2.24, 2.45) is 0 Å². The Morgan fingerprint density at radius 3 is 2.41 bits per heavy atom. The maximum Gasteiger partial charge on any atom is 0.344 e. The molecule has 0 aliphatic rings. The largest absolute Gasteiger partial charge is 0.482 e. The summed E-state index contributed by atoms with van der Waals surface area (Å²) in [4.78, 5) is 49.0. The minimum absolute atomic E-state index is 0.181. The van der Waals surface area contributed by atoms with Crippen LogP contribution in [-0.4, -0.2) is 44.2 Å². The number of esters is 2. The van der Waals surface area contributed by atoms with Gasteiger partial charge >= 0.3 is 17.6 Å². The zero-order valence-corrected chi connectivity index (χ0v) is 17.3. The van der Waals surface area contributed by atoms with Crippen LogP contribution >= 0.6 is 0 Å². The van der Waals surface area contributed by atoms with Gasteiger partial charge in [0.2, 0.25) is 0 Å². The molecule has 9 nitrogen and oxygen atoms in total. The summed E-state index contributed by atoms with van der Waals surface area (Å²) < 4.78 is 20.3. The third-order valence-electron chi connectivity index (χ3n) is 4.27. The number of para-hydroxylation sites is 1. The summed E-state index contributed by atoms with van der Waals surface area (Å²) in [5.41, 5.74) is 0.282. The van der Waals surface area contributed by atoms with Crippen LogP contribution in [0.4, 0.5) is 5.69 Å². The second-order valence-electron chi connectivity index (χ2n) is 6.52. The molecule has 0 N–H and O–H groups in total. The third-order valence-corrected chi connectivity index (χ3v) is 4.27. The number of carbonyl (C=O) groups is 3. The van der Waals surface area contributed by atoms with Crippen molar-refractivity contribution in [1.82, 2.24) is 0 Å². The van der Waals surface area contributed by atoms with E-state index in [1.165, 1.54) is 17.0 Å². The van der Waals surface area contributed by atoms with E-state index >= 15 is 0 Å². The van der Waals surface area contributed by atoms with E-state index in [9.17, 15) is 19.2 Å². The summed E-state index contributed by atoms with van der Waals surface area (Å²) in [6, 6.07) is 16.2. The smallest absolute Gasteiger partial charge is 0.344 e. The molecule has 1 amide bonds. The number of nitrogens with zero attached hydrogens (tertiary/aromatic N) is 1. The Morgan fingerprint density at radius 2 is 1.66 bits per heavy atom. The van der Waals surface area contributed by atoms with Crippen LogP contribution in [0, 0.1) is 0 Å². The molecule has 1 heterocycles. The minimum atomic E-state index is -0.780. The molecule has 0 spiro atoms. The first kappa shape index (κ1) is 22.5. The number of carbonyl (C=O) groups excluding carboxylic acids is 3. The van der Waals surface area contributed by atoms with Crippen molar-refractivity contribution in [3.8, 4) is 5.75 Å². The molecular weight excluding hydrogens is 418 g/mol. The van der Waals surface area contributed by atoms with Crippen LogP contribution in [0.5, 0.6) is 5.75 Å². The molecule has 0 unspecified atom stereocenters. The zero-order valence-electron chi connectivity index (χ0n) is 17.3. The Labute approximate surface area is 183 Å². The summed E-state index contributed by atoms with van der Waals surface area (Å²) in [5.74, 6) is -1.66. The average molecular weight is 439 g/mol. The molecule has 0 radical (unpaired) electrons. The Hall–Kier alpha value is -4.14. The Morgan fingerprint density at radius 1 is 0.906 bits per heavy atom. The molecule has 0 saturated carbocycles. The van der Waals surface area contributed by atoms with E-state index in [4.69, 9.17) is 18.6 Å². The molecule has 0 aliphatic heterocycles. The monoisotopic (exact) mass is 439 g/mol. The van der Waals surface area contributed by atoms with Gasteiger partial charge in [-0.2, -0.15) is 0 Å². The first-order chi connectivity index (χ1) is 15.5. The summed E-state index contributed by atoms with van der Waals surface area (Å²) in [6.45, 7) is 0.493. The Kier molecular flexibility index (Phi) is 7.58. The van der Waals surface area contributed by atoms with Gasteiger partial charge in [-0.05, 0) is 37.3 Å². The number of benzene rings is 2. The van der Waals surface area contributed by atoms with Crippen molar-refractivity contribution in [2.75, 3.05) is 31.3 Å². The molecular formula is C23H21NO8. The lowest BCUT2D eigenvalue weighted by Gasteiger charge is -2.21. The second-order valence-corrected chi connectivity index (χ2v) is 6.52. The van der Waals surface area contributed by atoms with Crippen LogP contribution in [0.25, 0.3) is 11.0 Å². The fourth-order valence-corrected chi connectivity index (χ4v) is 2.80. The highest BCUT2D eigenvalue weighted by atomic mass is 16.6. The van der Waals surface area contributed by atoms with Gasteiger partial charge in [-0.25, -0.2) is 9.59 Å². The molecule has 3 aromatic rings. The highest BCUT2D eigenvalue weighted by Crippen LogP contribution is 2.19. The highest BCUT2D eigenvalue weighted by Gasteiger charge is 2.21. The van der Waals surface area contributed by atoms with E-state index in [0.29, 0.717) is 22.4 Å². The first-order valence-electron chi connectivity index (χ1n) is 9.79. The van der Waals surface area contributed by atoms with Crippen LogP contribution in [0.3, 0.4) is 0 Å². The van der Waals surface area contributed by atoms with Crippen LogP contribution < -0.4 is 15.3 Å². The Balaban J connectivity index is 1.56. The number of ether oxygens (including phenoxy) is 3. The zero-order chi connectivity index (χ0) is 22.9. The number of hydrogen-bond acceptors (Lipinski definition) is 8. The molecule has 9 heteroatoms. The van der Waals surface area contributed by atoms with Crippen LogP contribution in [-0.2, 0) is 23.9 Å². The van der Waals surface area contributed by atoms with Gasteiger partial charge in [-0.15, -0.1) is 0 Å². The number of fused-ring (bicyclic) bond motifs is 1. The molecule has 1 aromatic heterocycles. The molecule has 3 rings (SSSR count). The summed E-state index contributed by atoms with van der Waals surface area (Å²) in [5, 5.41) is 0.702. The van der Waals surface area contributed by atoms with Crippen molar-refractivity contribution in [2.45, 2.75) is 6.92 Å². The highest BCUT2D eigenvalue weighted by molar-refractivity contribution is 5.99. The first-order valence-corrected chi connectivity index (χ1v) is 9.79. The fourth-order valence-electron chi connectivity index (χ4n) is 2.80. The maximum absolute atomic E-state index is 12.6. The van der Waals surface area contributed by atoms with Gasteiger partial charge in [-0.3, -0.25) is 14.5 Å². The van der Waals surface area contributed by atoms with Crippen molar-refractivity contribution < 1.29 is 33.0 Å². The summed E-state index contributed by atoms with van der Waals surface area (Å²) in [6.07, 6.45) is 0. The normalized spacial score (nSPS) is 10.4. The van der Waals surface area contributed by atoms with E-state index < -0.39 is 36.7 Å². The average Bonchev–Trinajstić information content (AvgIpc) is 2.80. The van der Waals surface area contributed by atoms with Crippen molar-refractivity contribution in [3.05, 3.63) is 71.1 Å². The topological polar surface area (TPSA) is 112 Å². The predicted molar refractivity (Wildman–Crippen MR) is 114 cm³/mol. The SMILES string of the molecule is CCOC(=O)CN(C(=O)COC(=O)COc1ccc2ccc(=O)oc2c1)c1ccccc1. The standard InChI is InChI=1S/C23H21NO8/c1-2-29-22(27)13-24(17-6-4-3-5-7-17)20(25)14-31-23(28)15-30-18-10-8-16-9-11-21(26)32-19(16)12-18/h3-12H,2,13-15H2,1H3. The van der Waals surface area contributed by atoms with Crippen LogP contribution in [0.2, 0.25) is 0 Å². The summed E-state index contributed by atoms with van der Waals surface area (Å²) in [7, 11) is 0. The molecule has 0 aliphatic carbocycles. The third kappa shape index (κ3) is 6.18. The molecule has 166 valence electrons. The second kappa shape index (κ2) is 10.8. The summed E-state index contributed by atoms with van der Waals surface area (Å²) >= 11 is 0. The van der Waals surface area contributed by atoms with Crippen molar-refractivity contribution in [3.63, 3.8) is 0 Å². The van der Waals surface area contributed by atoms with E-state index in [-0.39, 0.29) is 13.2 Å². The molecule has 0 saturated heterocycles. The lowest BCUT2D eigenvalue weighted by Crippen LogP contribution is -2.39. The van der Waals surface area contributed by atoms with Gasteiger partial charge in [0, 0.05) is 23.2 Å². The predicted octanol–water partition coefficient (Wildman–Crippen LogP) is 2.31. The van der Waals surface area contributed by atoms with Gasteiger partial charge in [0.05, 0.1) is 6.61 Å². The lowest BCUT2D eigenvalue weighted by atomic mass is 10.2. The van der Waals surface area contributed by atoms with Gasteiger partial charge in [-0.1, -0.05) is 18.2 Å². The van der Waals surface area contributed by atoms with Crippen LogP contribution in [0.1, 0.15) is 6.92 Å². The van der Waals surface area contributed by atoms with E-state index in [0.717, 1.165) is 0 Å². The van der Waals surface area contributed by atoms with Crippen LogP contribution in [0.15, 0.2) is 69.9 Å². The quantitative estimate of drug-likeness (QED) is 0.369. The molecule has 0 atom stereocenters. The van der Waals surface area contributed by atoms with E-state index in [1.54, 1.807) is 55.5 Å². The van der Waals surface area contributed by atoms with Gasteiger partial charge < -0.3 is 18.6 Å². The molecule has 2 aromatic carbocycles.